The van der Waals surface area contributed by atoms with Crippen LogP contribution < -0.4 is 14.8 Å². The summed E-state index contributed by atoms with van der Waals surface area (Å²) in [5, 5.41) is 23.4. The lowest BCUT2D eigenvalue weighted by molar-refractivity contribution is -0.136. The Balaban J connectivity index is 1.48. The van der Waals surface area contributed by atoms with Crippen molar-refractivity contribution in [1.82, 2.24) is 10.3 Å². The largest absolute Gasteiger partial charge is 0.492 e. The Morgan fingerprint density at radius 2 is 2.00 bits per heavy atom. The lowest BCUT2D eigenvalue weighted by Crippen LogP contribution is -2.26. The predicted molar refractivity (Wildman–Crippen MR) is 127 cm³/mol. The summed E-state index contributed by atoms with van der Waals surface area (Å²) in [7, 11) is -3.38. The second-order valence-corrected chi connectivity index (χ2v) is 9.65. The first kappa shape index (κ1) is 24.6. The fourth-order valence-corrected chi connectivity index (χ4v) is 4.19. The molecule has 0 bridgehead atoms. The average Bonchev–Trinajstić information content (AvgIpc) is 3.05. The number of anilines is 1. The molecule has 0 amide bonds. The van der Waals surface area contributed by atoms with E-state index >= 15 is 0 Å². The van der Waals surface area contributed by atoms with Crippen molar-refractivity contribution in [3.8, 4) is 5.75 Å². The lowest BCUT2D eigenvalue weighted by atomic mass is 10.1. The molecule has 3 rings (SSSR count). The number of aryl methyl sites for hydroxylation is 2. The molecular weight excluding hydrogens is 446 g/mol. The topological polar surface area (TPSA) is 141 Å². The first-order chi connectivity index (χ1) is 15.6. The van der Waals surface area contributed by atoms with Crippen molar-refractivity contribution in [2.45, 2.75) is 25.9 Å². The minimum absolute atomic E-state index is 0.0854. The molecule has 0 aliphatic heterocycles. The summed E-state index contributed by atoms with van der Waals surface area (Å²) in [4.78, 5) is 14.2. The summed E-state index contributed by atoms with van der Waals surface area (Å²) in [6.07, 6.45) is 0.835. The Hall–Kier alpha value is -3.08. The fraction of sp³-hybridized carbons (Fsp3) is 0.348. The quantitative estimate of drug-likeness (QED) is 0.254. The van der Waals surface area contributed by atoms with E-state index < -0.39 is 22.1 Å². The molecule has 9 nitrogen and oxygen atoms in total. The Bertz CT molecular complexity index is 1220. The Morgan fingerprint density at radius 3 is 2.73 bits per heavy atom. The van der Waals surface area contributed by atoms with Crippen LogP contribution in [0.15, 0.2) is 42.5 Å². The molecule has 1 atom stereocenters. The van der Waals surface area contributed by atoms with E-state index in [2.05, 4.69) is 15.0 Å². The third-order valence-corrected chi connectivity index (χ3v) is 5.75. The van der Waals surface area contributed by atoms with E-state index in [9.17, 15) is 18.3 Å². The zero-order chi connectivity index (χ0) is 24.0. The number of carbonyl (C=O) groups is 1. The SMILES string of the molecule is Cc1[nH]c2cc(OCCNCC(O)c3cccc(NS(C)(=O)=O)c3)ccc2c1CCC(=O)O. The molecular formula is C23H29N3O6S. The monoisotopic (exact) mass is 475 g/mol. The van der Waals surface area contributed by atoms with Gasteiger partial charge in [0.05, 0.1) is 12.4 Å². The van der Waals surface area contributed by atoms with Crippen molar-refractivity contribution in [1.29, 1.82) is 0 Å². The minimum Gasteiger partial charge on any atom is -0.492 e. The van der Waals surface area contributed by atoms with Gasteiger partial charge in [0, 0.05) is 47.9 Å². The van der Waals surface area contributed by atoms with E-state index in [1.165, 1.54) is 0 Å². The second kappa shape index (κ2) is 10.7. The zero-order valence-electron chi connectivity index (χ0n) is 18.6. The molecule has 1 heterocycles. The highest BCUT2D eigenvalue weighted by Gasteiger charge is 2.12. The van der Waals surface area contributed by atoms with Crippen molar-refractivity contribution >= 4 is 32.6 Å². The van der Waals surface area contributed by atoms with Gasteiger partial charge in [0.1, 0.15) is 12.4 Å². The molecule has 10 heteroatoms. The van der Waals surface area contributed by atoms with Crippen molar-refractivity contribution in [3.63, 3.8) is 0 Å². The van der Waals surface area contributed by atoms with E-state index in [1.807, 2.05) is 25.1 Å². The molecule has 5 N–H and O–H groups in total. The fourth-order valence-electron chi connectivity index (χ4n) is 3.63. The molecule has 1 aromatic heterocycles. The summed E-state index contributed by atoms with van der Waals surface area (Å²) < 4.78 is 30.9. The third-order valence-electron chi connectivity index (χ3n) is 5.14. The summed E-state index contributed by atoms with van der Waals surface area (Å²) in [6, 6.07) is 12.3. The number of aliphatic hydroxyl groups is 1. The number of aliphatic carboxylic acids is 1. The van der Waals surface area contributed by atoms with Crippen LogP contribution in [0.3, 0.4) is 0 Å². The minimum atomic E-state index is -3.38. The lowest BCUT2D eigenvalue weighted by Gasteiger charge is -2.14. The number of benzene rings is 2. The average molecular weight is 476 g/mol. The predicted octanol–water partition coefficient (Wildman–Crippen LogP) is 2.57. The molecule has 0 saturated heterocycles. The van der Waals surface area contributed by atoms with Crippen LogP contribution >= 0.6 is 0 Å². The smallest absolute Gasteiger partial charge is 0.303 e. The number of carboxylic acids is 1. The number of hydrogen-bond acceptors (Lipinski definition) is 6. The first-order valence-corrected chi connectivity index (χ1v) is 12.4. The summed E-state index contributed by atoms with van der Waals surface area (Å²) >= 11 is 0. The van der Waals surface area contributed by atoms with Gasteiger partial charge in [-0.05, 0) is 48.7 Å². The van der Waals surface area contributed by atoms with E-state index in [-0.39, 0.29) is 13.0 Å². The van der Waals surface area contributed by atoms with E-state index in [1.54, 1.807) is 24.3 Å². The number of ether oxygens (including phenoxy) is 1. The summed E-state index contributed by atoms with van der Waals surface area (Å²) in [5.41, 5.74) is 3.86. The van der Waals surface area contributed by atoms with Crippen LogP contribution in [0.2, 0.25) is 0 Å². The van der Waals surface area contributed by atoms with Gasteiger partial charge in [-0.25, -0.2) is 8.42 Å². The highest BCUT2D eigenvalue weighted by Crippen LogP contribution is 2.27. The Kier molecular flexibility index (Phi) is 7.96. The first-order valence-electron chi connectivity index (χ1n) is 10.5. The Labute approximate surface area is 192 Å². The molecule has 0 saturated carbocycles. The molecule has 0 spiro atoms. The highest BCUT2D eigenvalue weighted by molar-refractivity contribution is 7.92. The maximum absolute atomic E-state index is 11.4. The van der Waals surface area contributed by atoms with Crippen LogP contribution in [0.5, 0.6) is 5.75 Å². The van der Waals surface area contributed by atoms with E-state index in [4.69, 9.17) is 9.84 Å². The summed E-state index contributed by atoms with van der Waals surface area (Å²) in [6.45, 7) is 3.11. The van der Waals surface area contributed by atoms with Gasteiger partial charge in [-0.1, -0.05) is 12.1 Å². The van der Waals surface area contributed by atoms with Crippen LogP contribution in [0, 0.1) is 6.92 Å². The maximum atomic E-state index is 11.4. The number of rotatable bonds is 12. The van der Waals surface area contributed by atoms with Gasteiger partial charge in [-0.2, -0.15) is 0 Å². The number of hydrogen-bond donors (Lipinski definition) is 5. The normalized spacial score (nSPS) is 12.6. The number of nitrogens with one attached hydrogen (secondary N) is 3. The van der Waals surface area contributed by atoms with E-state index in [0.29, 0.717) is 36.6 Å². The number of aromatic amines is 1. The van der Waals surface area contributed by atoms with Crippen LogP contribution in [-0.4, -0.2) is 55.5 Å². The number of sulfonamides is 1. The van der Waals surface area contributed by atoms with Crippen LogP contribution in [0.1, 0.15) is 29.3 Å². The molecule has 33 heavy (non-hydrogen) atoms. The molecule has 3 aromatic rings. The van der Waals surface area contributed by atoms with Crippen molar-refractivity contribution < 1.29 is 28.2 Å². The van der Waals surface area contributed by atoms with Crippen LogP contribution in [0.4, 0.5) is 5.69 Å². The van der Waals surface area contributed by atoms with Gasteiger partial charge in [0.2, 0.25) is 10.0 Å². The van der Waals surface area contributed by atoms with Gasteiger partial charge in [0.15, 0.2) is 0 Å². The Morgan fingerprint density at radius 1 is 1.21 bits per heavy atom. The number of H-pyrrole nitrogens is 1. The third kappa shape index (κ3) is 7.21. The van der Waals surface area contributed by atoms with Gasteiger partial charge in [-0.3, -0.25) is 9.52 Å². The maximum Gasteiger partial charge on any atom is 0.303 e. The van der Waals surface area contributed by atoms with Crippen molar-refractivity contribution in [2.24, 2.45) is 0 Å². The highest BCUT2D eigenvalue weighted by atomic mass is 32.2. The van der Waals surface area contributed by atoms with Gasteiger partial charge in [-0.15, -0.1) is 0 Å². The zero-order valence-corrected chi connectivity index (χ0v) is 19.4. The number of aromatic nitrogens is 1. The molecule has 178 valence electrons. The van der Waals surface area contributed by atoms with Crippen LogP contribution in [-0.2, 0) is 21.2 Å². The molecule has 2 aromatic carbocycles. The molecule has 0 fully saturated rings. The van der Waals surface area contributed by atoms with Gasteiger partial charge in [0.25, 0.3) is 0 Å². The van der Waals surface area contributed by atoms with Gasteiger partial charge >= 0.3 is 5.97 Å². The number of fused-ring (bicyclic) bond motifs is 1. The molecule has 1 unspecified atom stereocenters. The number of aliphatic hydroxyl groups excluding tert-OH is 1. The molecule has 0 aliphatic rings. The summed E-state index contributed by atoms with van der Waals surface area (Å²) in [5.74, 6) is -0.130. The van der Waals surface area contributed by atoms with E-state index in [0.717, 1.165) is 28.4 Å². The van der Waals surface area contributed by atoms with Gasteiger partial charge < -0.3 is 25.3 Å². The molecule has 0 aliphatic carbocycles. The second-order valence-electron chi connectivity index (χ2n) is 7.90. The standard InChI is InChI=1S/C23H29N3O6S/c1-15-19(8-9-23(28)29)20-7-6-18(13-21(20)25-15)32-11-10-24-14-22(27)16-4-3-5-17(12-16)26-33(2,30)31/h3-7,12-13,22,24-27H,8-11,14H2,1-2H3,(H,28,29). The number of carboxylic acid groups (broad SMARTS) is 1. The molecule has 0 radical (unpaired) electrons. The van der Waals surface area contributed by atoms with Crippen molar-refractivity contribution in [2.75, 3.05) is 30.7 Å². The van der Waals surface area contributed by atoms with Crippen molar-refractivity contribution in [3.05, 3.63) is 59.3 Å². The van der Waals surface area contributed by atoms with Crippen LogP contribution in [0.25, 0.3) is 10.9 Å².